The van der Waals surface area contributed by atoms with Gasteiger partial charge in [-0.2, -0.15) is 4.31 Å². The van der Waals surface area contributed by atoms with Crippen molar-refractivity contribution in [3.63, 3.8) is 0 Å². The molecule has 0 amide bonds. The third-order valence-electron chi connectivity index (χ3n) is 4.02. The third-order valence-corrected chi connectivity index (χ3v) is 6.15. The minimum Gasteiger partial charge on any atom is -0.298 e. The number of nitrogens with zero attached hydrogens (tertiary/aromatic N) is 2. The summed E-state index contributed by atoms with van der Waals surface area (Å²) < 4.78 is 26.8. The number of sulfonamides is 1. The highest BCUT2D eigenvalue weighted by atomic mass is 35.5. The quantitative estimate of drug-likeness (QED) is 0.778. The Morgan fingerprint density at radius 2 is 2.00 bits per heavy atom. The Morgan fingerprint density at radius 3 is 2.62 bits per heavy atom. The van der Waals surface area contributed by atoms with E-state index >= 15 is 0 Å². The van der Waals surface area contributed by atoms with E-state index in [0.29, 0.717) is 19.0 Å². The lowest BCUT2D eigenvalue weighted by molar-refractivity contribution is 0.135. The van der Waals surface area contributed by atoms with E-state index in [1.807, 2.05) is 24.3 Å². The molecule has 0 aliphatic carbocycles. The standard InChI is InChI=1S/C15H23ClN2O2S/c1-3-17-7-8-18(11-13(17)2)21(19,20)12-15-6-4-5-14(9-15)10-16/h4-6,9,13H,3,7-8,10-12H2,1-2H3. The van der Waals surface area contributed by atoms with Crippen LogP contribution < -0.4 is 0 Å². The van der Waals surface area contributed by atoms with Gasteiger partial charge in [0.1, 0.15) is 0 Å². The number of alkyl halides is 1. The van der Waals surface area contributed by atoms with Gasteiger partial charge in [0.15, 0.2) is 0 Å². The zero-order chi connectivity index (χ0) is 15.5. The maximum atomic E-state index is 12.6. The van der Waals surface area contributed by atoms with Crippen LogP contribution in [0.4, 0.5) is 0 Å². The molecule has 1 heterocycles. The number of rotatable bonds is 5. The lowest BCUT2D eigenvalue weighted by Crippen LogP contribution is -2.53. The summed E-state index contributed by atoms with van der Waals surface area (Å²) >= 11 is 5.80. The summed E-state index contributed by atoms with van der Waals surface area (Å²) in [6.45, 7) is 7.12. The molecule has 1 fully saturated rings. The van der Waals surface area contributed by atoms with E-state index in [-0.39, 0.29) is 11.8 Å². The van der Waals surface area contributed by atoms with E-state index in [0.717, 1.165) is 24.2 Å². The van der Waals surface area contributed by atoms with E-state index in [2.05, 4.69) is 18.7 Å². The lowest BCUT2D eigenvalue weighted by Gasteiger charge is -2.38. The summed E-state index contributed by atoms with van der Waals surface area (Å²) in [6, 6.07) is 7.76. The first-order valence-corrected chi connectivity index (χ1v) is 9.46. The van der Waals surface area contributed by atoms with Gasteiger partial charge >= 0.3 is 0 Å². The predicted molar refractivity (Wildman–Crippen MR) is 86.9 cm³/mol. The molecule has 1 unspecified atom stereocenters. The Hall–Kier alpha value is -0.620. The molecule has 1 saturated heterocycles. The van der Waals surface area contributed by atoms with E-state index in [4.69, 9.17) is 11.6 Å². The van der Waals surface area contributed by atoms with E-state index in [1.54, 1.807) is 4.31 Å². The van der Waals surface area contributed by atoms with Crippen LogP contribution in [0.25, 0.3) is 0 Å². The Morgan fingerprint density at radius 1 is 1.29 bits per heavy atom. The number of hydrogen-bond acceptors (Lipinski definition) is 3. The van der Waals surface area contributed by atoms with E-state index < -0.39 is 10.0 Å². The molecule has 21 heavy (non-hydrogen) atoms. The molecule has 0 aromatic heterocycles. The number of benzene rings is 1. The van der Waals surface area contributed by atoms with Gasteiger partial charge in [0, 0.05) is 31.6 Å². The summed E-state index contributed by atoms with van der Waals surface area (Å²) in [4.78, 5) is 2.31. The largest absolute Gasteiger partial charge is 0.298 e. The van der Waals surface area contributed by atoms with Crippen molar-refractivity contribution in [2.45, 2.75) is 31.5 Å². The number of piperazine rings is 1. The summed E-state index contributed by atoms with van der Waals surface area (Å²) in [5, 5.41) is 0. The van der Waals surface area contributed by atoms with Gasteiger partial charge in [0.25, 0.3) is 0 Å². The molecule has 1 atom stereocenters. The molecule has 0 N–H and O–H groups in total. The molecule has 1 aliphatic heterocycles. The van der Waals surface area contributed by atoms with Crippen LogP contribution in [0.5, 0.6) is 0 Å². The smallest absolute Gasteiger partial charge is 0.218 e. The zero-order valence-electron chi connectivity index (χ0n) is 12.6. The minimum absolute atomic E-state index is 0.0522. The molecule has 0 radical (unpaired) electrons. The van der Waals surface area contributed by atoms with Crippen molar-refractivity contribution in [2.75, 3.05) is 26.2 Å². The van der Waals surface area contributed by atoms with Gasteiger partial charge in [-0.25, -0.2) is 8.42 Å². The minimum atomic E-state index is -3.26. The topological polar surface area (TPSA) is 40.6 Å². The lowest BCUT2D eigenvalue weighted by atomic mass is 10.2. The Labute approximate surface area is 132 Å². The first kappa shape index (κ1) is 16.7. The highest BCUT2D eigenvalue weighted by Gasteiger charge is 2.30. The van der Waals surface area contributed by atoms with E-state index in [9.17, 15) is 8.42 Å². The van der Waals surface area contributed by atoms with Crippen LogP contribution in [-0.4, -0.2) is 49.8 Å². The number of halogens is 1. The molecular weight excluding hydrogens is 308 g/mol. The van der Waals surface area contributed by atoms with Crippen LogP contribution in [0.3, 0.4) is 0 Å². The maximum absolute atomic E-state index is 12.6. The van der Waals surface area contributed by atoms with Crippen molar-refractivity contribution in [3.8, 4) is 0 Å². The van der Waals surface area contributed by atoms with Gasteiger partial charge < -0.3 is 0 Å². The van der Waals surface area contributed by atoms with Crippen LogP contribution in [0.15, 0.2) is 24.3 Å². The van der Waals surface area contributed by atoms with Crippen LogP contribution in [0.2, 0.25) is 0 Å². The van der Waals surface area contributed by atoms with Gasteiger partial charge in [-0.15, -0.1) is 11.6 Å². The van der Waals surface area contributed by atoms with Crippen molar-refractivity contribution < 1.29 is 8.42 Å². The molecule has 0 spiro atoms. The number of hydrogen-bond donors (Lipinski definition) is 0. The Bertz CT molecular complexity index is 577. The molecular formula is C15H23ClN2O2S. The molecule has 6 heteroatoms. The van der Waals surface area contributed by atoms with Gasteiger partial charge in [-0.05, 0) is 24.6 Å². The second-order valence-electron chi connectivity index (χ2n) is 5.55. The van der Waals surface area contributed by atoms with Crippen molar-refractivity contribution >= 4 is 21.6 Å². The monoisotopic (exact) mass is 330 g/mol. The normalized spacial score (nSPS) is 21.6. The average Bonchev–Trinajstić information content (AvgIpc) is 2.47. The zero-order valence-corrected chi connectivity index (χ0v) is 14.2. The Kier molecular flexibility index (Phi) is 5.66. The van der Waals surface area contributed by atoms with Crippen LogP contribution >= 0.6 is 11.6 Å². The molecule has 2 rings (SSSR count). The SMILES string of the molecule is CCN1CCN(S(=O)(=O)Cc2cccc(CCl)c2)CC1C. The fourth-order valence-corrected chi connectivity index (χ4v) is 4.54. The molecule has 0 bridgehead atoms. The molecule has 4 nitrogen and oxygen atoms in total. The van der Waals surface area contributed by atoms with E-state index in [1.165, 1.54) is 0 Å². The average molecular weight is 331 g/mol. The first-order chi connectivity index (χ1) is 9.96. The fraction of sp³-hybridized carbons (Fsp3) is 0.600. The highest BCUT2D eigenvalue weighted by Crippen LogP contribution is 2.18. The summed E-state index contributed by atoms with van der Waals surface area (Å²) in [5.41, 5.74) is 1.76. The predicted octanol–water partition coefficient (Wildman–Crippen LogP) is 2.28. The molecule has 1 aromatic rings. The molecule has 1 aromatic carbocycles. The second kappa shape index (κ2) is 7.09. The van der Waals surface area contributed by atoms with Gasteiger partial charge in [-0.1, -0.05) is 31.2 Å². The van der Waals surface area contributed by atoms with Crippen LogP contribution in [0, 0.1) is 0 Å². The van der Waals surface area contributed by atoms with Gasteiger partial charge in [0.05, 0.1) is 5.75 Å². The van der Waals surface area contributed by atoms with Gasteiger partial charge in [-0.3, -0.25) is 4.90 Å². The number of likely N-dealkylation sites (N-methyl/N-ethyl adjacent to an activating group) is 1. The van der Waals surface area contributed by atoms with Crippen LogP contribution in [-0.2, 0) is 21.7 Å². The Balaban J connectivity index is 2.08. The second-order valence-corrected chi connectivity index (χ2v) is 7.78. The first-order valence-electron chi connectivity index (χ1n) is 7.32. The summed E-state index contributed by atoms with van der Waals surface area (Å²) in [6.07, 6.45) is 0. The van der Waals surface area contributed by atoms with Crippen molar-refractivity contribution in [2.24, 2.45) is 0 Å². The van der Waals surface area contributed by atoms with Crippen molar-refractivity contribution in [1.29, 1.82) is 0 Å². The van der Waals surface area contributed by atoms with Gasteiger partial charge in [0.2, 0.25) is 10.0 Å². The maximum Gasteiger partial charge on any atom is 0.218 e. The molecule has 118 valence electrons. The summed E-state index contributed by atoms with van der Waals surface area (Å²) in [5.74, 6) is 0.455. The van der Waals surface area contributed by atoms with Crippen molar-refractivity contribution in [3.05, 3.63) is 35.4 Å². The highest BCUT2D eigenvalue weighted by molar-refractivity contribution is 7.88. The molecule has 1 aliphatic rings. The fourth-order valence-electron chi connectivity index (χ4n) is 2.79. The van der Waals surface area contributed by atoms with Crippen LogP contribution in [0.1, 0.15) is 25.0 Å². The summed E-state index contributed by atoms with van der Waals surface area (Å²) in [7, 11) is -3.26. The molecule has 0 saturated carbocycles. The third kappa shape index (κ3) is 4.19. The van der Waals surface area contributed by atoms with Crippen molar-refractivity contribution in [1.82, 2.24) is 9.21 Å².